The molecule has 0 aliphatic rings. The largest absolute Gasteiger partial charge is 0.350 e. The molecule has 4 aromatic heterocycles. The van der Waals surface area contributed by atoms with Gasteiger partial charge in [-0.3, -0.25) is 15.0 Å². The van der Waals surface area contributed by atoms with Gasteiger partial charge in [0.05, 0.1) is 10.9 Å². The molecule has 0 aliphatic heterocycles. The number of aryl methyl sites for hydroxylation is 1. The molecule has 1 amide bonds. The Morgan fingerprint density at radius 2 is 2.00 bits per heavy atom. The van der Waals surface area contributed by atoms with Crippen LogP contribution in [0, 0.1) is 0 Å². The SMILES string of the molecule is Cn1cc(C(=O)Nn2cnc3scc(-c4cccs4)c3c2=O)c2ccccc21. The van der Waals surface area contributed by atoms with Crippen LogP contribution in [-0.2, 0) is 7.05 Å². The normalized spacial score (nSPS) is 11.3. The lowest BCUT2D eigenvalue weighted by molar-refractivity contribution is 0.101. The molecule has 6 nitrogen and oxygen atoms in total. The van der Waals surface area contributed by atoms with Gasteiger partial charge in [-0.05, 0) is 17.5 Å². The zero-order chi connectivity index (χ0) is 19.3. The summed E-state index contributed by atoms with van der Waals surface area (Å²) in [6.07, 6.45) is 3.13. The third-order valence-electron chi connectivity index (χ3n) is 4.64. The summed E-state index contributed by atoms with van der Waals surface area (Å²) in [7, 11) is 1.89. The Morgan fingerprint density at radius 1 is 1.14 bits per heavy atom. The molecule has 28 heavy (non-hydrogen) atoms. The highest BCUT2D eigenvalue weighted by atomic mass is 32.1. The van der Waals surface area contributed by atoms with Crippen LogP contribution < -0.4 is 11.0 Å². The van der Waals surface area contributed by atoms with Gasteiger partial charge in [0, 0.05) is 40.0 Å². The van der Waals surface area contributed by atoms with E-state index in [-0.39, 0.29) is 11.5 Å². The van der Waals surface area contributed by atoms with Crippen molar-refractivity contribution < 1.29 is 4.79 Å². The first kappa shape index (κ1) is 16.9. The molecule has 0 saturated heterocycles. The van der Waals surface area contributed by atoms with E-state index in [0.717, 1.165) is 26.0 Å². The standard InChI is InChI=1S/C20H14N4O2S2/c1-23-9-13(12-5-2-3-6-15(12)23)18(25)22-24-11-21-19-17(20(24)26)14(10-28-19)16-7-4-8-27-16/h2-11H,1H3,(H,22,25). The fourth-order valence-electron chi connectivity index (χ4n) is 3.32. The minimum absolute atomic E-state index is 0.289. The van der Waals surface area contributed by atoms with E-state index in [2.05, 4.69) is 10.4 Å². The third kappa shape index (κ3) is 2.57. The summed E-state index contributed by atoms with van der Waals surface area (Å²) in [6.45, 7) is 0. The van der Waals surface area contributed by atoms with Crippen LogP contribution in [0.4, 0.5) is 0 Å². The summed E-state index contributed by atoms with van der Waals surface area (Å²) in [4.78, 5) is 31.9. The van der Waals surface area contributed by atoms with Crippen LogP contribution in [-0.4, -0.2) is 20.1 Å². The number of amides is 1. The van der Waals surface area contributed by atoms with Crippen molar-refractivity contribution in [2.75, 3.05) is 5.43 Å². The van der Waals surface area contributed by atoms with Gasteiger partial charge >= 0.3 is 0 Å². The number of hydrogen-bond acceptors (Lipinski definition) is 5. The van der Waals surface area contributed by atoms with Crippen molar-refractivity contribution in [3.05, 3.63) is 75.6 Å². The van der Waals surface area contributed by atoms with E-state index in [0.29, 0.717) is 15.8 Å². The maximum Gasteiger partial charge on any atom is 0.281 e. The summed E-state index contributed by atoms with van der Waals surface area (Å²) in [6, 6.07) is 11.6. The smallest absolute Gasteiger partial charge is 0.281 e. The quantitative estimate of drug-likeness (QED) is 0.491. The molecule has 0 bridgehead atoms. The van der Waals surface area contributed by atoms with Gasteiger partial charge in [-0.2, -0.15) is 0 Å². The zero-order valence-corrected chi connectivity index (χ0v) is 16.4. The van der Waals surface area contributed by atoms with E-state index >= 15 is 0 Å². The van der Waals surface area contributed by atoms with Gasteiger partial charge in [-0.15, -0.1) is 22.7 Å². The molecular weight excluding hydrogens is 392 g/mol. The number of nitrogens with zero attached hydrogens (tertiary/aromatic N) is 3. The average molecular weight is 406 g/mol. The van der Waals surface area contributed by atoms with E-state index in [1.807, 2.05) is 58.8 Å². The van der Waals surface area contributed by atoms with Gasteiger partial charge in [0.15, 0.2) is 0 Å². The predicted molar refractivity (Wildman–Crippen MR) is 114 cm³/mol. The number of para-hydroxylation sites is 1. The monoisotopic (exact) mass is 406 g/mol. The first-order valence-electron chi connectivity index (χ1n) is 8.51. The number of fused-ring (bicyclic) bond motifs is 2. The molecule has 1 N–H and O–H groups in total. The molecule has 0 radical (unpaired) electrons. The molecule has 4 heterocycles. The Kier molecular flexibility index (Phi) is 3.88. The van der Waals surface area contributed by atoms with Crippen LogP contribution in [0.1, 0.15) is 10.4 Å². The summed E-state index contributed by atoms with van der Waals surface area (Å²) < 4.78 is 3.05. The Hall–Kier alpha value is -3.23. The number of benzene rings is 1. The molecule has 0 unspecified atom stereocenters. The van der Waals surface area contributed by atoms with Gasteiger partial charge in [-0.1, -0.05) is 24.3 Å². The highest BCUT2D eigenvalue weighted by Crippen LogP contribution is 2.33. The Balaban J connectivity index is 1.58. The average Bonchev–Trinajstić information content (AvgIpc) is 3.43. The Morgan fingerprint density at radius 3 is 2.82 bits per heavy atom. The Labute approximate surface area is 167 Å². The summed E-state index contributed by atoms with van der Waals surface area (Å²) in [5, 5.41) is 5.25. The highest BCUT2D eigenvalue weighted by molar-refractivity contribution is 7.18. The van der Waals surface area contributed by atoms with E-state index in [1.165, 1.54) is 17.7 Å². The second-order valence-corrected chi connectivity index (χ2v) is 8.14. The van der Waals surface area contributed by atoms with Gasteiger partial charge in [-0.25, -0.2) is 9.66 Å². The van der Waals surface area contributed by atoms with Crippen LogP contribution in [0.25, 0.3) is 31.6 Å². The number of nitrogens with one attached hydrogen (secondary N) is 1. The van der Waals surface area contributed by atoms with Crippen LogP contribution in [0.5, 0.6) is 0 Å². The van der Waals surface area contributed by atoms with Crippen molar-refractivity contribution in [1.82, 2.24) is 14.2 Å². The van der Waals surface area contributed by atoms with Crippen molar-refractivity contribution in [3.63, 3.8) is 0 Å². The highest BCUT2D eigenvalue weighted by Gasteiger charge is 2.17. The van der Waals surface area contributed by atoms with E-state index < -0.39 is 0 Å². The number of rotatable bonds is 3. The van der Waals surface area contributed by atoms with Gasteiger partial charge in [0.25, 0.3) is 11.5 Å². The molecule has 0 fully saturated rings. The van der Waals surface area contributed by atoms with Gasteiger partial charge in [0.1, 0.15) is 11.2 Å². The molecular formula is C20H14N4O2S2. The fourth-order valence-corrected chi connectivity index (χ4v) is 5.04. The minimum Gasteiger partial charge on any atom is -0.350 e. The number of thiophene rings is 2. The lowest BCUT2D eigenvalue weighted by Crippen LogP contribution is -2.33. The lowest BCUT2D eigenvalue weighted by atomic mass is 10.2. The molecule has 0 spiro atoms. The van der Waals surface area contributed by atoms with Crippen molar-refractivity contribution in [2.45, 2.75) is 0 Å². The fraction of sp³-hybridized carbons (Fsp3) is 0.0500. The van der Waals surface area contributed by atoms with Crippen LogP contribution in [0.15, 0.2) is 64.5 Å². The van der Waals surface area contributed by atoms with Gasteiger partial charge < -0.3 is 4.57 Å². The van der Waals surface area contributed by atoms with Crippen molar-refractivity contribution in [3.8, 4) is 10.4 Å². The molecule has 0 saturated carbocycles. The second-order valence-electron chi connectivity index (χ2n) is 6.34. The third-order valence-corrected chi connectivity index (χ3v) is 6.43. The molecule has 1 aromatic carbocycles. The number of hydrogen-bond donors (Lipinski definition) is 1. The Bertz CT molecular complexity index is 1390. The molecule has 0 aliphatic carbocycles. The summed E-state index contributed by atoms with van der Waals surface area (Å²) in [5.74, 6) is -0.354. The summed E-state index contributed by atoms with van der Waals surface area (Å²) >= 11 is 2.99. The first-order valence-corrected chi connectivity index (χ1v) is 10.3. The van der Waals surface area contributed by atoms with Crippen molar-refractivity contribution >= 4 is 49.7 Å². The first-order chi connectivity index (χ1) is 13.6. The zero-order valence-electron chi connectivity index (χ0n) is 14.7. The maximum absolute atomic E-state index is 13.1. The van der Waals surface area contributed by atoms with Gasteiger partial charge in [0.2, 0.25) is 0 Å². The molecule has 5 aromatic rings. The van der Waals surface area contributed by atoms with Crippen LogP contribution in [0.3, 0.4) is 0 Å². The van der Waals surface area contributed by atoms with E-state index in [1.54, 1.807) is 17.5 Å². The van der Waals surface area contributed by atoms with E-state index in [9.17, 15) is 9.59 Å². The molecule has 8 heteroatoms. The minimum atomic E-state index is -0.354. The topological polar surface area (TPSA) is 68.9 Å². The predicted octanol–water partition coefficient (Wildman–Crippen LogP) is 4.06. The van der Waals surface area contributed by atoms with Crippen molar-refractivity contribution in [1.29, 1.82) is 0 Å². The second kappa shape index (κ2) is 6.43. The number of carbonyl (C=O) groups is 1. The lowest BCUT2D eigenvalue weighted by Gasteiger charge is -2.07. The van der Waals surface area contributed by atoms with E-state index in [4.69, 9.17) is 0 Å². The number of aromatic nitrogens is 3. The summed E-state index contributed by atoms with van der Waals surface area (Å²) in [5.41, 5.74) is 4.70. The van der Waals surface area contributed by atoms with Crippen molar-refractivity contribution in [2.24, 2.45) is 7.05 Å². The number of carbonyl (C=O) groups excluding carboxylic acids is 1. The van der Waals surface area contributed by atoms with Crippen LogP contribution >= 0.6 is 22.7 Å². The maximum atomic E-state index is 13.1. The molecule has 5 rings (SSSR count). The van der Waals surface area contributed by atoms with Crippen LogP contribution in [0.2, 0.25) is 0 Å². The molecule has 138 valence electrons. The molecule has 0 atom stereocenters.